The summed E-state index contributed by atoms with van der Waals surface area (Å²) in [5.41, 5.74) is 1.98. The number of sulfonamides is 1. The van der Waals surface area contributed by atoms with Gasteiger partial charge in [-0.15, -0.1) is 10.2 Å². The highest BCUT2D eigenvalue weighted by Gasteiger charge is 2.19. The van der Waals surface area contributed by atoms with Crippen molar-refractivity contribution in [2.75, 3.05) is 22.7 Å². The predicted octanol–water partition coefficient (Wildman–Crippen LogP) is 5.24. The van der Waals surface area contributed by atoms with Gasteiger partial charge in [-0.2, -0.15) is 0 Å². The van der Waals surface area contributed by atoms with Gasteiger partial charge in [-0.1, -0.05) is 41.4 Å². The zero-order valence-electron chi connectivity index (χ0n) is 16.1. The number of benzene rings is 2. The third kappa shape index (κ3) is 4.53. The van der Waals surface area contributed by atoms with E-state index in [0.717, 1.165) is 30.2 Å². The predicted molar refractivity (Wildman–Crippen MR) is 121 cm³/mol. The summed E-state index contributed by atoms with van der Waals surface area (Å²) in [6.45, 7) is 2.03. The van der Waals surface area contributed by atoms with Gasteiger partial charge in [0.15, 0.2) is 5.82 Å². The molecule has 1 N–H and O–H groups in total. The summed E-state index contributed by atoms with van der Waals surface area (Å²) in [6.07, 6.45) is 3.63. The Labute approximate surface area is 185 Å². The van der Waals surface area contributed by atoms with Crippen LogP contribution in [0.1, 0.15) is 19.3 Å². The fourth-order valence-electron chi connectivity index (χ4n) is 3.38. The lowest BCUT2D eigenvalue weighted by molar-refractivity contribution is 0.571. The first-order valence-electron chi connectivity index (χ1n) is 9.60. The molecule has 0 amide bonds. The first kappa shape index (κ1) is 20.9. The average molecular weight is 463 g/mol. The lowest BCUT2D eigenvalue weighted by Crippen LogP contribution is -2.30. The Balaban J connectivity index is 1.49. The van der Waals surface area contributed by atoms with Gasteiger partial charge in [-0.3, -0.25) is 4.72 Å². The molecule has 0 bridgehead atoms. The van der Waals surface area contributed by atoms with E-state index in [0.29, 0.717) is 5.69 Å². The maximum Gasteiger partial charge on any atom is 0.263 e. The zero-order chi connectivity index (χ0) is 21.1. The summed E-state index contributed by atoms with van der Waals surface area (Å²) in [4.78, 5) is 2.18. The molecule has 0 atom stereocenters. The van der Waals surface area contributed by atoms with Gasteiger partial charge in [0, 0.05) is 24.3 Å². The Hall–Kier alpha value is -2.35. The molecule has 0 unspecified atom stereocenters. The molecule has 1 saturated heterocycles. The van der Waals surface area contributed by atoms with E-state index in [2.05, 4.69) is 19.8 Å². The molecule has 156 valence electrons. The maximum absolute atomic E-state index is 12.6. The van der Waals surface area contributed by atoms with Crippen LogP contribution in [0.25, 0.3) is 11.3 Å². The van der Waals surface area contributed by atoms with Crippen molar-refractivity contribution in [1.29, 1.82) is 0 Å². The van der Waals surface area contributed by atoms with E-state index in [4.69, 9.17) is 23.2 Å². The molecule has 3 aromatic rings. The monoisotopic (exact) mass is 462 g/mol. The van der Waals surface area contributed by atoms with Crippen LogP contribution in [0.4, 0.5) is 11.5 Å². The summed E-state index contributed by atoms with van der Waals surface area (Å²) in [7, 11) is -3.86. The van der Waals surface area contributed by atoms with Gasteiger partial charge in [-0.25, -0.2) is 8.42 Å². The number of rotatable bonds is 5. The molecule has 0 saturated carbocycles. The third-order valence-electron chi connectivity index (χ3n) is 4.97. The number of anilines is 2. The Morgan fingerprint density at radius 2 is 1.60 bits per heavy atom. The van der Waals surface area contributed by atoms with Crippen molar-refractivity contribution in [1.82, 2.24) is 10.2 Å². The summed E-state index contributed by atoms with van der Waals surface area (Å²) >= 11 is 12.0. The summed E-state index contributed by atoms with van der Waals surface area (Å²) < 4.78 is 27.8. The summed E-state index contributed by atoms with van der Waals surface area (Å²) in [5.74, 6) is 0.890. The van der Waals surface area contributed by atoms with Crippen LogP contribution in [0.2, 0.25) is 10.0 Å². The van der Waals surface area contributed by atoms with E-state index in [-0.39, 0.29) is 14.9 Å². The van der Waals surface area contributed by atoms with E-state index in [1.54, 1.807) is 24.3 Å². The first-order valence-corrected chi connectivity index (χ1v) is 11.8. The fraction of sp³-hybridized carbons (Fsp3) is 0.238. The smallest absolute Gasteiger partial charge is 0.263 e. The van der Waals surface area contributed by atoms with Gasteiger partial charge in [0.2, 0.25) is 0 Å². The van der Waals surface area contributed by atoms with Crippen molar-refractivity contribution < 1.29 is 8.42 Å². The van der Waals surface area contributed by atoms with Crippen LogP contribution in [0.5, 0.6) is 0 Å². The quantitative estimate of drug-likeness (QED) is 0.560. The molecule has 1 aliphatic rings. The Kier molecular flexibility index (Phi) is 6.13. The molecule has 0 radical (unpaired) electrons. The Morgan fingerprint density at radius 1 is 0.867 bits per heavy atom. The van der Waals surface area contributed by atoms with Gasteiger partial charge in [-0.05, 0) is 55.7 Å². The minimum absolute atomic E-state index is 0.00708. The fourth-order valence-corrected chi connectivity index (χ4v) is 5.20. The largest absolute Gasteiger partial charge is 0.355 e. The van der Waals surface area contributed by atoms with Gasteiger partial charge in [0.25, 0.3) is 10.0 Å². The normalized spacial score (nSPS) is 14.5. The molecule has 2 heterocycles. The number of nitrogens with zero attached hydrogens (tertiary/aromatic N) is 3. The van der Waals surface area contributed by atoms with Crippen LogP contribution in [0, 0.1) is 0 Å². The molecular formula is C21H20Cl2N4O2S. The highest BCUT2D eigenvalue weighted by atomic mass is 35.5. The van der Waals surface area contributed by atoms with E-state index >= 15 is 0 Å². The molecule has 1 aromatic heterocycles. The summed E-state index contributed by atoms with van der Waals surface area (Å²) in [6, 6.07) is 15.3. The number of piperidine rings is 1. The molecule has 1 fully saturated rings. The lowest BCUT2D eigenvalue weighted by Gasteiger charge is -2.27. The van der Waals surface area contributed by atoms with Crippen LogP contribution in [0.3, 0.4) is 0 Å². The van der Waals surface area contributed by atoms with Crippen molar-refractivity contribution in [2.24, 2.45) is 0 Å². The van der Waals surface area contributed by atoms with Crippen LogP contribution in [-0.4, -0.2) is 31.7 Å². The molecule has 4 rings (SSSR count). The van der Waals surface area contributed by atoms with E-state index < -0.39 is 10.0 Å². The molecule has 0 aliphatic carbocycles. The average Bonchev–Trinajstić information content (AvgIpc) is 2.76. The number of halogens is 2. The number of aromatic nitrogens is 2. The second kappa shape index (κ2) is 8.79. The van der Waals surface area contributed by atoms with Gasteiger partial charge in [0.1, 0.15) is 4.90 Å². The van der Waals surface area contributed by atoms with Crippen LogP contribution in [0.15, 0.2) is 59.5 Å². The van der Waals surface area contributed by atoms with Crippen molar-refractivity contribution >= 4 is 44.7 Å². The molecule has 0 spiro atoms. The first-order chi connectivity index (χ1) is 14.4. The van der Waals surface area contributed by atoms with Crippen molar-refractivity contribution in [3.8, 4) is 11.3 Å². The minimum Gasteiger partial charge on any atom is -0.355 e. The molecule has 2 aromatic carbocycles. The SMILES string of the molecule is O=S(=O)(Nc1ccc(-c2ccc(N3CCCCC3)nn2)cc1)c1cccc(Cl)c1Cl. The third-order valence-corrected chi connectivity index (χ3v) is 7.32. The van der Waals surface area contributed by atoms with Gasteiger partial charge < -0.3 is 4.90 Å². The van der Waals surface area contributed by atoms with Crippen molar-refractivity contribution in [3.05, 3.63) is 64.6 Å². The van der Waals surface area contributed by atoms with Crippen molar-refractivity contribution in [2.45, 2.75) is 24.2 Å². The highest BCUT2D eigenvalue weighted by molar-refractivity contribution is 7.92. The topological polar surface area (TPSA) is 75.2 Å². The van der Waals surface area contributed by atoms with Gasteiger partial charge >= 0.3 is 0 Å². The minimum atomic E-state index is -3.86. The van der Waals surface area contributed by atoms with E-state index in [9.17, 15) is 8.42 Å². The standard InChI is InChI=1S/C21H20Cl2N4O2S/c22-17-5-4-6-19(21(17)23)30(28,29)26-16-9-7-15(8-10-16)18-11-12-20(25-24-18)27-13-2-1-3-14-27/h4-12,26H,1-3,13-14H2. The molecule has 6 nitrogen and oxygen atoms in total. The van der Waals surface area contributed by atoms with Crippen molar-refractivity contribution in [3.63, 3.8) is 0 Å². The van der Waals surface area contributed by atoms with Crippen LogP contribution >= 0.6 is 23.2 Å². The summed E-state index contributed by atoms with van der Waals surface area (Å²) in [5, 5.41) is 8.87. The van der Waals surface area contributed by atoms with E-state index in [1.165, 1.54) is 37.5 Å². The molecule has 1 aliphatic heterocycles. The van der Waals surface area contributed by atoms with Crippen LogP contribution < -0.4 is 9.62 Å². The number of hydrogen-bond donors (Lipinski definition) is 1. The lowest BCUT2D eigenvalue weighted by atomic mass is 10.1. The maximum atomic E-state index is 12.6. The van der Waals surface area contributed by atoms with Crippen LogP contribution in [-0.2, 0) is 10.0 Å². The zero-order valence-corrected chi connectivity index (χ0v) is 18.4. The van der Waals surface area contributed by atoms with Gasteiger partial charge in [0.05, 0.1) is 15.7 Å². The molecular weight excluding hydrogens is 443 g/mol. The second-order valence-electron chi connectivity index (χ2n) is 7.06. The number of hydrogen-bond acceptors (Lipinski definition) is 5. The highest BCUT2D eigenvalue weighted by Crippen LogP contribution is 2.30. The van der Waals surface area contributed by atoms with E-state index in [1.807, 2.05) is 12.1 Å². The molecule has 30 heavy (non-hydrogen) atoms. The Bertz CT molecular complexity index is 1130. The Morgan fingerprint density at radius 3 is 2.27 bits per heavy atom. The number of nitrogens with one attached hydrogen (secondary N) is 1. The molecule has 9 heteroatoms. The second-order valence-corrected chi connectivity index (χ2v) is 9.50.